The molecule has 1 nitrogen and oxygen atoms in total. The average molecular weight is 178 g/mol. The Morgan fingerprint density at radius 3 is 2.55 bits per heavy atom. The Hall–Kier alpha value is -0.480. The molecule has 0 bridgehead atoms. The van der Waals surface area contributed by atoms with Crippen molar-refractivity contribution in [2.45, 2.75) is 19.5 Å². The SMILES string of the molecule is Cc1ccsc1C(O)C(F)F. The molecule has 0 aromatic carbocycles. The van der Waals surface area contributed by atoms with Gasteiger partial charge in [0.15, 0.2) is 0 Å². The minimum Gasteiger partial charge on any atom is -0.382 e. The fourth-order valence-electron chi connectivity index (χ4n) is 0.802. The first kappa shape index (κ1) is 8.62. The summed E-state index contributed by atoms with van der Waals surface area (Å²) >= 11 is 1.16. The zero-order chi connectivity index (χ0) is 8.43. The first-order valence-corrected chi connectivity index (χ1v) is 4.01. The van der Waals surface area contributed by atoms with Crippen molar-refractivity contribution in [1.29, 1.82) is 0 Å². The smallest absolute Gasteiger partial charge is 0.269 e. The Kier molecular flexibility index (Phi) is 2.57. The molecule has 0 saturated heterocycles. The third kappa shape index (κ3) is 1.75. The van der Waals surface area contributed by atoms with Crippen LogP contribution in [0, 0.1) is 6.92 Å². The molecular weight excluding hydrogens is 170 g/mol. The molecule has 0 fully saturated rings. The molecule has 1 heterocycles. The van der Waals surface area contributed by atoms with Gasteiger partial charge in [0.05, 0.1) is 0 Å². The molecule has 0 aliphatic rings. The Morgan fingerprint density at radius 2 is 2.18 bits per heavy atom. The van der Waals surface area contributed by atoms with Crippen molar-refractivity contribution < 1.29 is 13.9 Å². The van der Waals surface area contributed by atoms with Gasteiger partial charge in [-0.3, -0.25) is 0 Å². The summed E-state index contributed by atoms with van der Waals surface area (Å²) in [6, 6.07) is 1.71. The van der Waals surface area contributed by atoms with Crippen molar-refractivity contribution in [2.24, 2.45) is 0 Å². The maximum absolute atomic E-state index is 11.9. The lowest BCUT2D eigenvalue weighted by atomic mass is 10.2. The highest BCUT2D eigenvalue weighted by Crippen LogP contribution is 2.27. The lowest BCUT2D eigenvalue weighted by Crippen LogP contribution is -2.06. The summed E-state index contributed by atoms with van der Waals surface area (Å²) in [5.41, 5.74) is 0.725. The fraction of sp³-hybridized carbons (Fsp3) is 0.429. The number of thiophene rings is 1. The maximum atomic E-state index is 11.9. The van der Waals surface area contributed by atoms with Crippen LogP contribution in [0.4, 0.5) is 8.78 Å². The van der Waals surface area contributed by atoms with E-state index in [-0.39, 0.29) is 0 Å². The molecule has 0 amide bonds. The Labute approximate surface area is 67.3 Å². The van der Waals surface area contributed by atoms with E-state index in [9.17, 15) is 8.78 Å². The van der Waals surface area contributed by atoms with Crippen molar-refractivity contribution in [2.75, 3.05) is 0 Å². The Morgan fingerprint density at radius 1 is 1.55 bits per heavy atom. The molecule has 0 spiro atoms. The fourth-order valence-corrected chi connectivity index (χ4v) is 1.72. The van der Waals surface area contributed by atoms with E-state index < -0.39 is 12.5 Å². The molecule has 1 atom stereocenters. The first-order valence-electron chi connectivity index (χ1n) is 3.13. The molecule has 4 heteroatoms. The van der Waals surface area contributed by atoms with Crippen LogP contribution in [-0.2, 0) is 0 Å². The van der Waals surface area contributed by atoms with E-state index in [0.29, 0.717) is 4.88 Å². The number of aryl methyl sites for hydroxylation is 1. The van der Waals surface area contributed by atoms with Crippen LogP contribution in [0.25, 0.3) is 0 Å². The molecule has 1 aromatic heterocycles. The monoisotopic (exact) mass is 178 g/mol. The highest BCUT2D eigenvalue weighted by Gasteiger charge is 2.21. The van der Waals surface area contributed by atoms with Gasteiger partial charge in [0.25, 0.3) is 6.43 Å². The number of aliphatic hydroxyl groups is 1. The van der Waals surface area contributed by atoms with Crippen LogP contribution in [0.5, 0.6) is 0 Å². The summed E-state index contributed by atoms with van der Waals surface area (Å²) in [4.78, 5) is 0.361. The van der Waals surface area contributed by atoms with Crippen molar-refractivity contribution in [3.8, 4) is 0 Å². The van der Waals surface area contributed by atoms with E-state index >= 15 is 0 Å². The predicted molar refractivity (Wildman–Crippen MR) is 40.0 cm³/mol. The van der Waals surface area contributed by atoms with Gasteiger partial charge in [0, 0.05) is 4.88 Å². The lowest BCUT2D eigenvalue weighted by Gasteiger charge is -2.07. The van der Waals surface area contributed by atoms with Gasteiger partial charge in [-0.25, -0.2) is 8.78 Å². The second-order valence-corrected chi connectivity index (χ2v) is 3.19. The van der Waals surface area contributed by atoms with Gasteiger partial charge in [-0.1, -0.05) is 0 Å². The van der Waals surface area contributed by atoms with Crippen LogP contribution in [0.1, 0.15) is 16.5 Å². The van der Waals surface area contributed by atoms with Crippen molar-refractivity contribution in [1.82, 2.24) is 0 Å². The van der Waals surface area contributed by atoms with E-state index in [1.807, 2.05) is 0 Å². The van der Waals surface area contributed by atoms with E-state index in [2.05, 4.69) is 0 Å². The van der Waals surface area contributed by atoms with Crippen LogP contribution in [0.15, 0.2) is 11.4 Å². The summed E-state index contributed by atoms with van der Waals surface area (Å²) in [5, 5.41) is 10.6. The third-order valence-corrected chi connectivity index (χ3v) is 2.50. The largest absolute Gasteiger partial charge is 0.382 e. The molecule has 0 aliphatic carbocycles. The topological polar surface area (TPSA) is 20.2 Å². The Balaban J connectivity index is 2.84. The number of rotatable bonds is 2. The van der Waals surface area contributed by atoms with Crippen LogP contribution in [-0.4, -0.2) is 11.5 Å². The van der Waals surface area contributed by atoms with Crippen molar-refractivity contribution in [3.63, 3.8) is 0 Å². The normalized spacial score (nSPS) is 13.9. The highest BCUT2D eigenvalue weighted by molar-refractivity contribution is 7.10. The number of hydrogen-bond donors (Lipinski definition) is 1. The summed E-state index contributed by atoms with van der Waals surface area (Å²) < 4.78 is 23.9. The molecule has 1 aromatic rings. The van der Waals surface area contributed by atoms with Gasteiger partial charge >= 0.3 is 0 Å². The Bertz CT molecular complexity index is 234. The second kappa shape index (κ2) is 3.28. The van der Waals surface area contributed by atoms with E-state index in [1.165, 1.54) is 0 Å². The highest BCUT2D eigenvalue weighted by atomic mass is 32.1. The molecular formula is C7H8F2OS. The van der Waals surface area contributed by atoms with Crippen LogP contribution >= 0.6 is 11.3 Å². The van der Waals surface area contributed by atoms with Gasteiger partial charge < -0.3 is 5.11 Å². The number of aliphatic hydroxyl groups excluding tert-OH is 1. The van der Waals surface area contributed by atoms with Gasteiger partial charge in [-0.05, 0) is 23.9 Å². The molecule has 1 unspecified atom stereocenters. The molecule has 11 heavy (non-hydrogen) atoms. The lowest BCUT2D eigenvalue weighted by molar-refractivity contribution is -0.00401. The average Bonchev–Trinajstić information content (AvgIpc) is 2.33. The zero-order valence-electron chi connectivity index (χ0n) is 5.92. The molecule has 0 saturated carbocycles. The first-order chi connectivity index (χ1) is 5.13. The van der Waals surface area contributed by atoms with Gasteiger partial charge in [-0.2, -0.15) is 0 Å². The molecule has 62 valence electrons. The van der Waals surface area contributed by atoms with Crippen LogP contribution in [0.2, 0.25) is 0 Å². The van der Waals surface area contributed by atoms with E-state index in [1.54, 1.807) is 18.4 Å². The van der Waals surface area contributed by atoms with Crippen molar-refractivity contribution >= 4 is 11.3 Å². The molecule has 1 rings (SSSR count). The molecule has 1 N–H and O–H groups in total. The second-order valence-electron chi connectivity index (χ2n) is 2.25. The maximum Gasteiger partial charge on any atom is 0.269 e. The van der Waals surface area contributed by atoms with Crippen LogP contribution < -0.4 is 0 Å². The predicted octanol–water partition coefficient (Wildman–Crippen LogP) is 2.36. The van der Waals surface area contributed by atoms with E-state index in [4.69, 9.17) is 5.11 Å². The minimum atomic E-state index is -2.69. The quantitative estimate of drug-likeness (QED) is 0.737. The van der Waals surface area contributed by atoms with Gasteiger partial charge in [0.2, 0.25) is 0 Å². The van der Waals surface area contributed by atoms with Crippen LogP contribution in [0.3, 0.4) is 0 Å². The minimum absolute atomic E-state index is 0.361. The number of hydrogen-bond acceptors (Lipinski definition) is 2. The summed E-state index contributed by atoms with van der Waals surface area (Å²) in [6.45, 7) is 1.71. The molecule has 0 aliphatic heterocycles. The van der Waals surface area contributed by atoms with Gasteiger partial charge in [0.1, 0.15) is 6.10 Å². The molecule has 0 radical (unpaired) electrons. The number of alkyl halides is 2. The van der Waals surface area contributed by atoms with Crippen molar-refractivity contribution in [3.05, 3.63) is 21.9 Å². The van der Waals surface area contributed by atoms with Gasteiger partial charge in [-0.15, -0.1) is 11.3 Å². The van der Waals surface area contributed by atoms with E-state index in [0.717, 1.165) is 16.9 Å². The third-order valence-electron chi connectivity index (χ3n) is 1.41. The summed E-state index contributed by atoms with van der Waals surface area (Å²) in [5.74, 6) is 0. The summed E-state index contributed by atoms with van der Waals surface area (Å²) in [7, 11) is 0. The zero-order valence-corrected chi connectivity index (χ0v) is 6.74. The standard InChI is InChI=1S/C7H8F2OS/c1-4-2-3-11-6(4)5(10)7(8)9/h2-3,5,7,10H,1H3. The number of halogens is 2. The summed E-state index contributed by atoms with van der Waals surface area (Å²) in [6.07, 6.45) is -4.30.